The van der Waals surface area contributed by atoms with E-state index >= 15 is 0 Å². The molecule has 2 aliphatic rings. The van der Waals surface area contributed by atoms with Crippen molar-refractivity contribution >= 4 is 0 Å². The maximum absolute atomic E-state index is 6.37. The Morgan fingerprint density at radius 1 is 1.04 bits per heavy atom. The summed E-state index contributed by atoms with van der Waals surface area (Å²) < 4.78 is 17.7. The third-order valence-electron chi connectivity index (χ3n) is 5.40. The van der Waals surface area contributed by atoms with Crippen LogP contribution >= 0.6 is 0 Å². The molecule has 2 rings (SSSR count). The average Bonchev–Trinajstić information content (AvgIpc) is 2.96. The summed E-state index contributed by atoms with van der Waals surface area (Å²) >= 11 is 0. The molecule has 1 saturated heterocycles. The number of hydrogen-bond acceptors (Lipinski definition) is 4. The van der Waals surface area contributed by atoms with Gasteiger partial charge in [-0.1, -0.05) is 26.7 Å². The molecule has 0 aromatic rings. The van der Waals surface area contributed by atoms with E-state index in [0.29, 0.717) is 0 Å². The Morgan fingerprint density at radius 2 is 1.83 bits per heavy atom. The van der Waals surface area contributed by atoms with E-state index < -0.39 is 0 Å². The Bertz CT molecular complexity index is 316. The van der Waals surface area contributed by atoms with Crippen LogP contribution < -0.4 is 0 Å². The Labute approximate surface area is 142 Å². The molecule has 4 heteroatoms. The summed E-state index contributed by atoms with van der Waals surface area (Å²) in [7, 11) is 1.77. The first-order chi connectivity index (χ1) is 11.2. The predicted molar refractivity (Wildman–Crippen MR) is 93.6 cm³/mol. The minimum Gasteiger partial charge on any atom is -0.383 e. The Morgan fingerprint density at radius 3 is 2.48 bits per heavy atom. The van der Waals surface area contributed by atoms with Crippen molar-refractivity contribution < 1.29 is 14.2 Å². The highest BCUT2D eigenvalue weighted by Gasteiger charge is 2.43. The normalized spacial score (nSPS) is 31.3. The fourth-order valence-corrected chi connectivity index (χ4v) is 4.03. The summed E-state index contributed by atoms with van der Waals surface area (Å²) in [6.45, 7) is 9.35. The highest BCUT2D eigenvalue weighted by Crippen LogP contribution is 2.41. The van der Waals surface area contributed by atoms with Gasteiger partial charge >= 0.3 is 0 Å². The van der Waals surface area contributed by atoms with Gasteiger partial charge in [-0.15, -0.1) is 0 Å². The second kappa shape index (κ2) is 9.97. The molecule has 0 amide bonds. The lowest BCUT2D eigenvalue weighted by Crippen LogP contribution is -2.36. The zero-order valence-electron chi connectivity index (χ0n) is 15.5. The van der Waals surface area contributed by atoms with Gasteiger partial charge in [0.15, 0.2) is 5.79 Å². The molecule has 0 aromatic heterocycles. The van der Waals surface area contributed by atoms with Crippen molar-refractivity contribution in [1.29, 1.82) is 0 Å². The van der Waals surface area contributed by atoms with Crippen LogP contribution in [-0.4, -0.2) is 56.7 Å². The fraction of sp³-hybridized carbons (Fsp3) is 1.00. The monoisotopic (exact) mass is 327 g/mol. The highest BCUT2D eigenvalue weighted by atomic mass is 16.7. The van der Waals surface area contributed by atoms with Crippen molar-refractivity contribution in [3.63, 3.8) is 0 Å². The molecule has 0 N–H and O–H groups in total. The van der Waals surface area contributed by atoms with Crippen LogP contribution in [0.2, 0.25) is 0 Å². The van der Waals surface area contributed by atoms with Crippen molar-refractivity contribution in [3.8, 4) is 0 Å². The molecule has 4 nitrogen and oxygen atoms in total. The van der Waals surface area contributed by atoms with Crippen LogP contribution in [0.15, 0.2) is 0 Å². The molecule has 136 valence electrons. The summed E-state index contributed by atoms with van der Waals surface area (Å²) in [4.78, 5) is 2.48. The van der Waals surface area contributed by atoms with Gasteiger partial charge in [-0.2, -0.15) is 0 Å². The number of hydrogen-bond donors (Lipinski definition) is 0. The molecule has 23 heavy (non-hydrogen) atoms. The number of methoxy groups -OCH3 is 1. The SMILES string of the molecule is CCCC1CCC2(CC1)OCC(CCN(CCC)CCOC)O2. The number of rotatable bonds is 10. The molecule has 1 heterocycles. The van der Waals surface area contributed by atoms with E-state index in [-0.39, 0.29) is 11.9 Å². The van der Waals surface area contributed by atoms with E-state index in [0.717, 1.165) is 58.0 Å². The Hall–Kier alpha value is -0.160. The maximum atomic E-state index is 6.37. The smallest absolute Gasteiger partial charge is 0.168 e. The van der Waals surface area contributed by atoms with E-state index in [4.69, 9.17) is 14.2 Å². The lowest BCUT2D eigenvalue weighted by Gasteiger charge is -2.36. The summed E-state index contributed by atoms with van der Waals surface area (Å²) in [5, 5.41) is 0. The predicted octanol–water partition coefficient (Wildman–Crippen LogP) is 3.84. The largest absolute Gasteiger partial charge is 0.383 e. The van der Waals surface area contributed by atoms with Gasteiger partial charge in [-0.25, -0.2) is 0 Å². The van der Waals surface area contributed by atoms with E-state index in [2.05, 4.69) is 18.7 Å². The van der Waals surface area contributed by atoms with Gasteiger partial charge in [0.25, 0.3) is 0 Å². The standard InChI is InChI=1S/C19H37NO3/c1-4-6-17-7-10-19(11-8-17)22-16-18(23-19)9-13-20(12-5-2)14-15-21-3/h17-18H,4-16H2,1-3H3. The minimum absolute atomic E-state index is 0.239. The van der Waals surface area contributed by atoms with Crippen molar-refractivity contribution in [2.75, 3.05) is 40.0 Å². The van der Waals surface area contributed by atoms with E-state index in [1.807, 2.05) is 0 Å². The summed E-state index contributed by atoms with van der Waals surface area (Å²) in [6, 6.07) is 0. The molecule has 1 spiro atoms. The topological polar surface area (TPSA) is 30.9 Å². The fourth-order valence-electron chi connectivity index (χ4n) is 4.03. The molecule has 2 fully saturated rings. The number of nitrogens with zero attached hydrogens (tertiary/aromatic N) is 1. The minimum atomic E-state index is -0.239. The Kier molecular flexibility index (Phi) is 8.31. The lowest BCUT2D eigenvalue weighted by atomic mass is 9.83. The van der Waals surface area contributed by atoms with Crippen LogP contribution in [-0.2, 0) is 14.2 Å². The van der Waals surface area contributed by atoms with E-state index in [1.54, 1.807) is 7.11 Å². The third kappa shape index (κ3) is 6.00. The zero-order valence-corrected chi connectivity index (χ0v) is 15.5. The van der Waals surface area contributed by atoms with Gasteiger partial charge in [-0.3, -0.25) is 0 Å². The first-order valence-electron chi connectivity index (χ1n) is 9.74. The van der Waals surface area contributed by atoms with Gasteiger partial charge in [-0.05, 0) is 38.1 Å². The number of ether oxygens (including phenoxy) is 3. The molecule has 0 aromatic carbocycles. The van der Waals surface area contributed by atoms with E-state index in [9.17, 15) is 0 Å². The van der Waals surface area contributed by atoms with Crippen LogP contribution in [0.1, 0.15) is 65.2 Å². The van der Waals surface area contributed by atoms with E-state index in [1.165, 1.54) is 32.1 Å². The Balaban J connectivity index is 1.70. The van der Waals surface area contributed by atoms with Crippen LogP contribution in [0.25, 0.3) is 0 Å². The lowest BCUT2D eigenvalue weighted by molar-refractivity contribution is -0.193. The van der Waals surface area contributed by atoms with Crippen molar-refractivity contribution in [1.82, 2.24) is 4.90 Å². The van der Waals surface area contributed by atoms with Crippen LogP contribution in [0.4, 0.5) is 0 Å². The second-order valence-electron chi connectivity index (χ2n) is 7.32. The van der Waals surface area contributed by atoms with Crippen molar-refractivity contribution in [3.05, 3.63) is 0 Å². The molecule has 1 atom stereocenters. The third-order valence-corrected chi connectivity index (χ3v) is 5.40. The van der Waals surface area contributed by atoms with Gasteiger partial charge < -0.3 is 19.1 Å². The van der Waals surface area contributed by atoms with Gasteiger partial charge in [0.2, 0.25) is 0 Å². The first kappa shape index (κ1) is 19.2. The van der Waals surface area contributed by atoms with Crippen LogP contribution in [0, 0.1) is 5.92 Å². The van der Waals surface area contributed by atoms with Gasteiger partial charge in [0.05, 0.1) is 19.3 Å². The zero-order chi connectivity index (χ0) is 16.5. The average molecular weight is 328 g/mol. The maximum Gasteiger partial charge on any atom is 0.168 e. The quantitative estimate of drug-likeness (QED) is 0.610. The second-order valence-corrected chi connectivity index (χ2v) is 7.32. The van der Waals surface area contributed by atoms with Crippen LogP contribution in [0.5, 0.6) is 0 Å². The van der Waals surface area contributed by atoms with Gasteiger partial charge in [0, 0.05) is 33.0 Å². The summed E-state index contributed by atoms with van der Waals surface area (Å²) in [5.74, 6) is 0.655. The van der Waals surface area contributed by atoms with Crippen molar-refractivity contribution in [2.24, 2.45) is 5.92 Å². The van der Waals surface area contributed by atoms with Crippen molar-refractivity contribution in [2.45, 2.75) is 77.1 Å². The molecular weight excluding hydrogens is 290 g/mol. The molecule has 1 aliphatic carbocycles. The molecule has 1 unspecified atom stereocenters. The molecule has 1 saturated carbocycles. The first-order valence-corrected chi connectivity index (χ1v) is 9.74. The summed E-state index contributed by atoms with van der Waals surface area (Å²) in [5.41, 5.74) is 0. The molecule has 0 bridgehead atoms. The molecule has 1 aliphatic heterocycles. The van der Waals surface area contributed by atoms with Crippen LogP contribution in [0.3, 0.4) is 0 Å². The molecular formula is C19H37NO3. The summed E-state index contributed by atoms with van der Waals surface area (Å²) in [6.07, 6.45) is 9.94. The van der Waals surface area contributed by atoms with Gasteiger partial charge in [0.1, 0.15) is 0 Å². The molecule has 0 radical (unpaired) electrons. The highest BCUT2D eigenvalue weighted by molar-refractivity contribution is 4.85.